The summed E-state index contributed by atoms with van der Waals surface area (Å²) in [5.41, 5.74) is -2.26. The van der Waals surface area contributed by atoms with Gasteiger partial charge in [-0.1, -0.05) is 15.5 Å². The third-order valence-corrected chi connectivity index (χ3v) is 15.4. The number of aromatic nitrogens is 3. The molecule has 6 aliphatic rings. The van der Waals surface area contributed by atoms with Gasteiger partial charge in [0, 0.05) is 75.7 Å². The number of nitrogens with zero attached hydrogens (tertiary/aromatic N) is 10. The number of ketones is 3. The van der Waals surface area contributed by atoms with Crippen LogP contribution in [0.2, 0.25) is 0 Å². The molecule has 3 aromatic carbocycles. The van der Waals surface area contributed by atoms with Crippen LogP contribution in [0.5, 0.6) is 0 Å². The van der Waals surface area contributed by atoms with Crippen molar-refractivity contribution in [1.29, 1.82) is 0 Å². The van der Waals surface area contributed by atoms with Crippen LogP contribution < -0.4 is 74.5 Å². The topological polar surface area (TPSA) is 351 Å². The van der Waals surface area contributed by atoms with Crippen LogP contribution in [0.3, 0.4) is 0 Å². The molecule has 12 rings (SSSR count). The second-order valence-corrected chi connectivity index (χ2v) is 26.6. The number of hydrogen-bond acceptors (Lipinski definition) is 26. The molecule has 0 unspecified atom stereocenters. The van der Waals surface area contributed by atoms with Gasteiger partial charge in [-0.2, -0.15) is 8.42 Å². The summed E-state index contributed by atoms with van der Waals surface area (Å²) in [6, 6.07) is 12.4. The number of allylic oxidation sites excluding steroid dienone is 3. The Morgan fingerprint density at radius 3 is 1.30 bits per heavy atom. The van der Waals surface area contributed by atoms with Crippen molar-refractivity contribution >= 4 is 110 Å². The van der Waals surface area contributed by atoms with Gasteiger partial charge in [0.2, 0.25) is 0 Å². The van der Waals surface area contributed by atoms with Crippen LogP contribution in [-0.4, -0.2) is 166 Å². The fourth-order valence-electron chi connectivity index (χ4n) is 10.1. The van der Waals surface area contributed by atoms with Crippen molar-refractivity contribution in [2.45, 2.75) is 90.3 Å². The number of ether oxygens (including phenoxy) is 5. The molecule has 39 heteroatoms. The smallest absolute Gasteiger partial charge is 1.00 e. The van der Waals surface area contributed by atoms with E-state index in [0.717, 1.165) is 25.9 Å². The molecule has 31 nitrogen and oxygen atoms in total. The van der Waals surface area contributed by atoms with Crippen molar-refractivity contribution in [1.82, 2.24) is 15.5 Å². The van der Waals surface area contributed by atoms with Crippen LogP contribution in [0.15, 0.2) is 124 Å². The molecule has 6 aliphatic heterocycles. The van der Waals surface area contributed by atoms with Crippen LogP contribution in [0.25, 0.3) is 0 Å². The molecule has 0 saturated carbocycles. The molecular formula is C65H69F6N12NaO19S. The van der Waals surface area contributed by atoms with E-state index in [1.165, 1.54) is 119 Å². The summed E-state index contributed by atoms with van der Waals surface area (Å²) in [5.74, 6) is -6.36. The summed E-state index contributed by atoms with van der Waals surface area (Å²) in [6.07, 6.45) is 7.25. The van der Waals surface area contributed by atoms with Crippen LogP contribution in [0.1, 0.15) is 62.2 Å². The van der Waals surface area contributed by atoms with E-state index in [-0.39, 0.29) is 160 Å². The molecule has 0 aliphatic carbocycles. The molecule has 6 aromatic rings. The molecular weight excluding hydrogens is 1420 g/mol. The van der Waals surface area contributed by atoms with E-state index >= 15 is 0 Å². The van der Waals surface area contributed by atoms with Gasteiger partial charge in [-0.3, -0.25) is 43.5 Å². The number of carbonyl (C=O) groups is 8. The number of halogens is 6. The third-order valence-electron chi connectivity index (χ3n) is 14.9. The van der Waals surface area contributed by atoms with Gasteiger partial charge in [-0.25, -0.2) is 50.3 Å². The van der Waals surface area contributed by atoms with Crippen LogP contribution >= 0.6 is 0 Å². The summed E-state index contributed by atoms with van der Waals surface area (Å²) in [4.78, 5) is 103. The first-order chi connectivity index (χ1) is 48.7. The number of carbonyl (C=O) groups excluding carboxylic acids is 8. The molecule has 5 amide bonds. The van der Waals surface area contributed by atoms with Gasteiger partial charge in [0.15, 0.2) is 69.7 Å². The number of cyclic esters (lactones) is 3. The first-order valence-corrected chi connectivity index (χ1v) is 33.1. The predicted molar refractivity (Wildman–Crippen MR) is 354 cm³/mol. The van der Waals surface area contributed by atoms with Gasteiger partial charge < -0.3 is 58.7 Å². The Morgan fingerprint density at radius 2 is 0.913 bits per heavy atom. The average Bonchev–Trinajstić information content (AvgIpc) is 1.78. The normalized spacial score (nSPS) is 18.0. The molecule has 0 bridgehead atoms. The Balaban J connectivity index is 0.000000202. The molecule has 3 saturated heterocycles. The number of nitrogens with one attached hydrogen (secondary N) is 2. The monoisotopic (exact) mass is 1490 g/mol. The Morgan fingerprint density at radius 1 is 0.538 bits per heavy atom. The number of amides is 5. The Hall–Kier alpha value is -10.4. The summed E-state index contributed by atoms with van der Waals surface area (Å²) in [7, 11) is -3.73. The number of hydrogen-bond donors (Lipinski definition) is 2. The summed E-state index contributed by atoms with van der Waals surface area (Å²) >= 11 is 0. The molecule has 2 N–H and O–H groups in total. The van der Waals surface area contributed by atoms with Crippen molar-refractivity contribution in [2.75, 3.05) is 110 Å². The second kappa shape index (κ2) is 34.2. The fourth-order valence-corrected chi connectivity index (χ4v) is 10.5. The van der Waals surface area contributed by atoms with E-state index in [1.807, 2.05) is 0 Å². The van der Waals surface area contributed by atoms with Gasteiger partial charge in [0.25, 0.3) is 10.1 Å². The standard InChI is InChI=1S/C23H24F2N4O6.C18H16F2N4O4.C16H16F2N2O6S.C8H12N2O3.Na.H/c1-23(2,3)35-22(32)29(18-8-11-33-26-18)13-15-12-28(21(31)34-15)17-5-4-16(19(24)20(17)25)27-9-6-14(30)7-10-27;19-16-13(23-6-3-11(25)4-7-23)1-2-14(17(16)20)24-10-12(28-18(24)26)9-21-15-5-8-27-22-15;1-27(23,24)25-9-11-8-20(16(22)26-11)13-3-2-12(14(17)15(13)18)19-6-4-10(21)5-7-19;1-8(2,3)13-7(11)9-6-4-5-12-10-6;;/h4-6,8-9,11,15H,7,10,12-13H2,1-3H3;1-3,5-6,8,12H,4,7,9-10H2,(H,21,22);2-4,6,11H,5,7-9H2,1H3;4-5H,1-3H3,(H,9,10,11);;/q;;;;+1;-1/t15-;12-;11-;;;/m101.../s1. The zero-order valence-corrected chi connectivity index (χ0v) is 59.8. The van der Waals surface area contributed by atoms with E-state index in [1.54, 1.807) is 47.6 Å². The maximum absolute atomic E-state index is 15.0. The molecule has 0 radical (unpaired) electrons. The third kappa shape index (κ3) is 21.1. The molecule has 0 spiro atoms. The van der Waals surface area contributed by atoms with E-state index in [2.05, 4.69) is 39.3 Å². The molecule has 552 valence electrons. The first kappa shape index (κ1) is 79.3. The van der Waals surface area contributed by atoms with Gasteiger partial charge in [-0.15, -0.1) is 0 Å². The molecule has 3 fully saturated rings. The van der Waals surface area contributed by atoms with E-state index < -0.39 is 112 Å². The van der Waals surface area contributed by atoms with Crippen LogP contribution in [0, 0.1) is 34.9 Å². The fraction of sp³-hybridized carbons (Fsp3) is 0.369. The number of benzene rings is 3. The van der Waals surface area contributed by atoms with Gasteiger partial charge in [0.05, 0.1) is 73.1 Å². The maximum atomic E-state index is 15.0. The quantitative estimate of drug-likeness (QED) is 0.0412. The largest absolute Gasteiger partial charge is 1.00 e. The van der Waals surface area contributed by atoms with Crippen molar-refractivity contribution in [3.8, 4) is 0 Å². The zero-order valence-electron chi connectivity index (χ0n) is 58.0. The Kier molecular flexibility index (Phi) is 26.1. The minimum Gasteiger partial charge on any atom is -1.00 e. The SMILES string of the molecule is CC(C)(C)OC(=O)N(C[C@H]1CN(c2ccc(N3C=CC(=O)CC3)c(F)c2F)C(=O)O1)c1ccon1.CC(C)(C)OC(=O)Nc1ccon1.CS(=O)(=O)OC[C@H]1CN(c2ccc(N3C=CC(=O)CC3)c(F)c2F)C(=O)O1.O=C1C=CN(c2ccc(N3C[C@H](CNc4ccon4)OC3=O)c(F)c2F)CC1.[H-].[Na+]. The summed E-state index contributed by atoms with van der Waals surface area (Å²) in [5, 5.41) is 16.3. The minimum absolute atomic E-state index is 0. The number of anilines is 9. The van der Waals surface area contributed by atoms with Crippen LogP contribution in [0.4, 0.5) is 102 Å². The number of rotatable bonds is 16. The van der Waals surface area contributed by atoms with E-state index in [9.17, 15) is 73.1 Å². The summed E-state index contributed by atoms with van der Waals surface area (Å²) in [6.45, 7) is 10.5. The molecule has 3 aromatic heterocycles. The van der Waals surface area contributed by atoms with Crippen LogP contribution in [-0.2, 0) is 52.4 Å². The molecule has 104 heavy (non-hydrogen) atoms. The minimum atomic E-state index is -3.73. The summed E-state index contributed by atoms with van der Waals surface area (Å²) < 4.78 is 155. The van der Waals surface area contributed by atoms with Gasteiger partial charge >= 0.3 is 60.0 Å². The van der Waals surface area contributed by atoms with E-state index in [0.29, 0.717) is 11.6 Å². The van der Waals surface area contributed by atoms with Gasteiger partial charge in [-0.05, 0) is 96.2 Å². The zero-order chi connectivity index (χ0) is 74.7. The van der Waals surface area contributed by atoms with Crippen molar-refractivity contribution < 1.29 is 146 Å². The first-order valence-electron chi connectivity index (χ1n) is 31.3. The Bertz CT molecular complexity index is 4340. The maximum Gasteiger partial charge on any atom is 1.00 e. The van der Waals surface area contributed by atoms with Crippen molar-refractivity contribution in [2.24, 2.45) is 0 Å². The van der Waals surface area contributed by atoms with Crippen molar-refractivity contribution in [3.63, 3.8) is 0 Å². The van der Waals surface area contributed by atoms with E-state index in [4.69, 9.17) is 28.2 Å². The van der Waals surface area contributed by atoms with Gasteiger partial charge in [0.1, 0.15) is 54.9 Å². The van der Waals surface area contributed by atoms with Crippen molar-refractivity contribution in [3.05, 3.63) is 145 Å². The predicted octanol–water partition coefficient (Wildman–Crippen LogP) is 7.39. The average molecular weight is 1490 g/mol. The molecule has 3 atom stereocenters. The Labute approximate surface area is 613 Å². The molecule has 9 heterocycles. The second-order valence-electron chi connectivity index (χ2n) is 24.9.